The molecule has 3 heterocycles. The van der Waals surface area contributed by atoms with Gasteiger partial charge >= 0.3 is 0 Å². The largest absolute Gasteiger partial charge is 0.508 e. The zero-order valence-corrected chi connectivity index (χ0v) is 21.5. The second kappa shape index (κ2) is 8.75. The van der Waals surface area contributed by atoms with E-state index >= 15 is 0 Å². The predicted octanol–water partition coefficient (Wildman–Crippen LogP) is 6.30. The lowest BCUT2D eigenvalue weighted by molar-refractivity contribution is -0.117. The fourth-order valence-corrected chi connectivity index (χ4v) is 5.79. The summed E-state index contributed by atoms with van der Waals surface area (Å²) < 4.78 is 12.7. The summed E-state index contributed by atoms with van der Waals surface area (Å²) in [5, 5.41) is 21.8. The van der Waals surface area contributed by atoms with E-state index in [4.69, 9.17) is 9.15 Å². The number of methoxy groups -OCH3 is 1. The number of furan rings is 1. The van der Waals surface area contributed by atoms with Gasteiger partial charge in [0, 0.05) is 9.86 Å². The number of ether oxygens (including phenoxy) is 1. The number of rotatable bonds is 5. The molecule has 0 bridgehead atoms. The molecule has 0 saturated carbocycles. The first-order valence-electron chi connectivity index (χ1n) is 11.1. The number of fused-ring (bicyclic) bond motifs is 2. The van der Waals surface area contributed by atoms with E-state index in [-0.39, 0.29) is 17.1 Å². The van der Waals surface area contributed by atoms with Crippen molar-refractivity contribution in [2.75, 3.05) is 12.0 Å². The van der Waals surface area contributed by atoms with E-state index in [0.717, 1.165) is 9.17 Å². The molecule has 1 atom stereocenters. The quantitative estimate of drug-likeness (QED) is 0.236. The monoisotopic (exact) mass is 576 g/mol. The van der Waals surface area contributed by atoms with Crippen LogP contribution in [0.3, 0.4) is 0 Å². The van der Waals surface area contributed by atoms with Crippen molar-refractivity contribution >= 4 is 65.3 Å². The molecule has 0 aliphatic carbocycles. The Labute approximate surface area is 222 Å². The average molecular weight is 577 g/mol. The number of carbonyl (C=O) groups excluding carboxylic acids is 2. The van der Waals surface area contributed by atoms with Crippen LogP contribution in [0.5, 0.6) is 11.5 Å². The van der Waals surface area contributed by atoms with Crippen LogP contribution in [0, 0.1) is 0 Å². The van der Waals surface area contributed by atoms with E-state index in [9.17, 15) is 19.8 Å². The SMILES string of the molecule is COc1ccc2nc(N3C(=O)C(O)=C(C(=O)c4cc5cc(Br)ccc5o4)C3c3ccc(O)cc3)sc2c1. The molecule has 2 N–H and O–H groups in total. The lowest BCUT2D eigenvalue weighted by Crippen LogP contribution is -2.30. The molecule has 1 unspecified atom stereocenters. The number of nitrogens with zero attached hydrogens (tertiary/aromatic N) is 2. The number of halogens is 1. The Morgan fingerprint density at radius 1 is 1.08 bits per heavy atom. The number of hydrogen-bond acceptors (Lipinski definition) is 8. The van der Waals surface area contributed by atoms with Gasteiger partial charge in [0.05, 0.1) is 28.9 Å². The molecule has 1 amide bonds. The third-order valence-electron chi connectivity index (χ3n) is 6.15. The highest BCUT2D eigenvalue weighted by Crippen LogP contribution is 2.45. The first kappa shape index (κ1) is 23.3. The fourth-order valence-electron chi connectivity index (χ4n) is 4.39. The van der Waals surface area contributed by atoms with E-state index in [0.29, 0.717) is 32.9 Å². The highest BCUT2D eigenvalue weighted by molar-refractivity contribution is 9.10. The van der Waals surface area contributed by atoms with Crippen molar-refractivity contribution in [3.63, 3.8) is 0 Å². The lowest BCUT2D eigenvalue weighted by Gasteiger charge is -2.24. The van der Waals surface area contributed by atoms with Crippen LogP contribution >= 0.6 is 27.3 Å². The minimum atomic E-state index is -0.997. The van der Waals surface area contributed by atoms with Gasteiger partial charge in [-0.25, -0.2) is 4.98 Å². The van der Waals surface area contributed by atoms with Gasteiger partial charge in [0.2, 0.25) is 5.78 Å². The first-order chi connectivity index (χ1) is 17.8. The van der Waals surface area contributed by atoms with Crippen LogP contribution < -0.4 is 9.64 Å². The van der Waals surface area contributed by atoms with Crippen LogP contribution in [0.15, 0.2) is 87.0 Å². The minimum Gasteiger partial charge on any atom is -0.508 e. The molecular weight excluding hydrogens is 560 g/mol. The van der Waals surface area contributed by atoms with Crippen molar-refractivity contribution in [3.05, 3.63) is 93.9 Å². The van der Waals surface area contributed by atoms with Gasteiger partial charge in [0.25, 0.3) is 5.91 Å². The van der Waals surface area contributed by atoms with Crippen molar-refractivity contribution in [1.82, 2.24) is 4.98 Å². The molecular formula is C27H17BrN2O6S. The number of aromatic nitrogens is 1. The molecule has 6 rings (SSSR count). The van der Waals surface area contributed by atoms with Gasteiger partial charge in [-0.15, -0.1) is 0 Å². The van der Waals surface area contributed by atoms with Gasteiger partial charge in [-0.2, -0.15) is 0 Å². The van der Waals surface area contributed by atoms with E-state index in [1.807, 2.05) is 6.07 Å². The third-order valence-corrected chi connectivity index (χ3v) is 7.66. The lowest BCUT2D eigenvalue weighted by atomic mass is 9.95. The second-order valence-corrected chi connectivity index (χ2v) is 10.3. The number of benzene rings is 3. The predicted molar refractivity (Wildman–Crippen MR) is 142 cm³/mol. The molecule has 184 valence electrons. The molecule has 0 fully saturated rings. The number of aliphatic hydroxyl groups is 1. The zero-order chi connectivity index (χ0) is 25.8. The number of carbonyl (C=O) groups is 2. The molecule has 1 aliphatic rings. The van der Waals surface area contributed by atoms with Crippen LogP contribution in [0.2, 0.25) is 0 Å². The summed E-state index contributed by atoms with van der Waals surface area (Å²) in [6, 6.07) is 17.3. The molecule has 10 heteroatoms. The normalized spacial score (nSPS) is 15.8. The summed E-state index contributed by atoms with van der Waals surface area (Å²) in [7, 11) is 1.56. The first-order valence-corrected chi connectivity index (χ1v) is 12.7. The van der Waals surface area contributed by atoms with Crippen molar-refractivity contribution < 1.29 is 29.0 Å². The Morgan fingerprint density at radius 3 is 2.62 bits per heavy atom. The highest BCUT2D eigenvalue weighted by atomic mass is 79.9. The summed E-state index contributed by atoms with van der Waals surface area (Å²) in [4.78, 5) is 33.1. The number of anilines is 1. The fraction of sp³-hybridized carbons (Fsp3) is 0.0741. The number of phenolic OH excluding ortho intramolecular Hbond substituents is 1. The average Bonchev–Trinajstić information content (AvgIpc) is 3.57. The van der Waals surface area contributed by atoms with E-state index < -0.39 is 23.5 Å². The summed E-state index contributed by atoms with van der Waals surface area (Å²) in [6.45, 7) is 0. The number of hydrogen-bond donors (Lipinski definition) is 2. The van der Waals surface area contributed by atoms with Gasteiger partial charge < -0.3 is 19.4 Å². The molecule has 0 radical (unpaired) electrons. The number of ketones is 1. The molecule has 3 aromatic carbocycles. The Morgan fingerprint density at radius 2 is 1.86 bits per heavy atom. The Bertz CT molecular complexity index is 1750. The van der Waals surface area contributed by atoms with Gasteiger partial charge in [-0.05, 0) is 60.2 Å². The summed E-state index contributed by atoms with van der Waals surface area (Å²) in [6.07, 6.45) is 0. The molecule has 2 aromatic heterocycles. The molecule has 8 nitrogen and oxygen atoms in total. The van der Waals surface area contributed by atoms with Crippen molar-refractivity contribution in [2.45, 2.75) is 6.04 Å². The number of phenols is 1. The number of aliphatic hydroxyl groups excluding tert-OH is 1. The molecule has 0 spiro atoms. The van der Waals surface area contributed by atoms with E-state index in [1.165, 1.54) is 28.4 Å². The maximum atomic E-state index is 13.8. The Hall–Kier alpha value is -4.15. The number of aromatic hydroxyl groups is 1. The summed E-state index contributed by atoms with van der Waals surface area (Å²) in [5.74, 6) is -1.41. The highest BCUT2D eigenvalue weighted by Gasteiger charge is 2.46. The number of Topliss-reactive ketones (excluding diaryl/α,β-unsaturated/α-hetero) is 1. The maximum Gasteiger partial charge on any atom is 0.296 e. The Balaban J connectivity index is 1.50. The van der Waals surface area contributed by atoms with Gasteiger partial charge in [0.1, 0.15) is 17.1 Å². The standard InChI is InChI=1S/C27H17BrN2O6S/c1-35-17-7-8-18-21(12-17)37-27(29-18)30-23(13-2-5-16(31)6-3-13)22(25(33)26(30)34)24(32)20-11-14-10-15(28)4-9-19(14)36-20/h2-12,23,31,33H,1H3. The van der Waals surface area contributed by atoms with Crippen molar-refractivity contribution in [1.29, 1.82) is 0 Å². The topological polar surface area (TPSA) is 113 Å². The van der Waals surface area contributed by atoms with Crippen molar-refractivity contribution in [3.8, 4) is 11.5 Å². The zero-order valence-electron chi connectivity index (χ0n) is 19.1. The van der Waals surface area contributed by atoms with Crippen LogP contribution in [-0.2, 0) is 4.79 Å². The van der Waals surface area contributed by atoms with Gasteiger partial charge in [-0.1, -0.05) is 39.4 Å². The van der Waals surface area contributed by atoms with E-state index in [1.54, 1.807) is 55.6 Å². The van der Waals surface area contributed by atoms with Gasteiger partial charge in [-0.3, -0.25) is 14.5 Å². The summed E-state index contributed by atoms with van der Waals surface area (Å²) >= 11 is 4.64. The van der Waals surface area contributed by atoms with Gasteiger partial charge in [0.15, 0.2) is 16.7 Å². The van der Waals surface area contributed by atoms with Crippen molar-refractivity contribution in [2.24, 2.45) is 0 Å². The van der Waals surface area contributed by atoms with Crippen LogP contribution in [0.1, 0.15) is 22.2 Å². The minimum absolute atomic E-state index is 0.0119. The Kier molecular flexibility index (Phi) is 5.50. The smallest absolute Gasteiger partial charge is 0.296 e. The second-order valence-electron chi connectivity index (χ2n) is 8.38. The maximum absolute atomic E-state index is 13.8. The van der Waals surface area contributed by atoms with Crippen LogP contribution in [0.25, 0.3) is 21.2 Å². The molecule has 37 heavy (non-hydrogen) atoms. The molecule has 0 saturated heterocycles. The van der Waals surface area contributed by atoms with Crippen LogP contribution in [0.4, 0.5) is 5.13 Å². The van der Waals surface area contributed by atoms with E-state index in [2.05, 4.69) is 20.9 Å². The molecule has 1 aliphatic heterocycles. The third kappa shape index (κ3) is 3.85. The number of amides is 1. The van der Waals surface area contributed by atoms with Crippen LogP contribution in [-0.4, -0.2) is 34.0 Å². The molecule has 5 aromatic rings. The summed E-state index contributed by atoms with van der Waals surface area (Å²) in [5.41, 5.74) is 1.51. The number of thiazole rings is 1.